The van der Waals surface area contributed by atoms with Gasteiger partial charge in [0.05, 0.1) is 0 Å². The molecule has 3 nitrogen and oxygen atoms in total. The van der Waals surface area contributed by atoms with Crippen LogP contribution in [0, 0.1) is 5.92 Å². The number of carbonyl (C=O) groups excluding carboxylic acids is 1. The van der Waals surface area contributed by atoms with Gasteiger partial charge in [0.2, 0.25) is 5.91 Å². The SMILES string of the molecule is NC1CCC(C(=O)NC2CCc3ccccc3C2)C1. The average molecular weight is 258 g/mol. The Balaban J connectivity index is 1.58. The van der Waals surface area contributed by atoms with Crippen LogP contribution >= 0.6 is 0 Å². The Hall–Kier alpha value is -1.35. The molecule has 1 saturated carbocycles. The molecule has 2 aliphatic carbocycles. The van der Waals surface area contributed by atoms with Crippen LogP contribution in [0.1, 0.15) is 36.8 Å². The predicted octanol–water partition coefficient (Wildman–Crippen LogP) is 1.79. The highest BCUT2D eigenvalue weighted by Gasteiger charge is 2.29. The van der Waals surface area contributed by atoms with Gasteiger partial charge >= 0.3 is 0 Å². The molecule has 0 bridgehead atoms. The largest absolute Gasteiger partial charge is 0.353 e. The molecule has 1 aromatic carbocycles. The topological polar surface area (TPSA) is 55.1 Å². The summed E-state index contributed by atoms with van der Waals surface area (Å²) in [5, 5.41) is 3.23. The minimum atomic E-state index is 0.146. The van der Waals surface area contributed by atoms with E-state index < -0.39 is 0 Å². The predicted molar refractivity (Wildman–Crippen MR) is 75.7 cm³/mol. The van der Waals surface area contributed by atoms with Crippen molar-refractivity contribution in [3.05, 3.63) is 35.4 Å². The minimum Gasteiger partial charge on any atom is -0.353 e. The van der Waals surface area contributed by atoms with Crippen LogP contribution in [0.4, 0.5) is 0 Å². The molecule has 0 saturated heterocycles. The van der Waals surface area contributed by atoms with Crippen LogP contribution in [-0.4, -0.2) is 18.0 Å². The summed E-state index contributed by atoms with van der Waals surface area (Å²) in [4.78, 5) is 12.2. The molecule has 1 fully saturated rings. The van der Waals surface area contributed by atoms with Crippen molar-refractivity contribution in [2.45, 2.75) is 50.6 Å². The second kappa shape index (κ2) is 5.33. The number of carbonyl (C=O) groups is 1. The molecule has 19 heavy (non-hydrogen) atoms. The van der Waals surface area contributed by atoms with Gasteiger partial charge in [-0.2, -0.15) is 0 Å². The first kappa shape index (κ1) is 12.7. The van der Waals surface area contributed by atoms with E-state index in [1.165, 1.54) is 11.1 Å². The number of benzene rings is 1. The zero-order valence-electron chi connectivity index (χ0n) is 11.3. The second-order valence-electron chi connectivity index (χ2n) is 5.99. The fraction of sp³-hybridized carbons (Fsp3) is 0.562. The van der Waals surface area contributed by atoms with Gasteiger partial charge in [0.25, 0.3) is 0 Å². The van der Waals surface area contributed by atoms with E-state index in [9.17, 15) is 4.79 Å². The summed E-state index contributed by atoms with van der Waals surface area (Å²) >= 11 is 0. The van der Waals surface area contributed by atoms with Crippen molar-refractivity contribution < 1.29 is 4.79 Å². The van der Waals surface area contributed by atoms with E-state index in [0.29, 0.717) is 6.04 Å². The molecule has 3 rings (SSSR count). The van der Waals surface area contributed by atoms with Crippen LogP contribution in [0.2, 0.25) is 0 Å². The summed E-state index contributed by atoms with van der Waals surface area (Å²) in [5.74, 6) is 0.365. The Morgan fingerprint density at radius 1 is 1.16 bits per heavy atom. The summed E-state index contributed by atoms with van der Waals surface area (Å²) in [5.41, 5.74) is 8.71. The first-order valence-corrected chi connectivity index (χ1v) is 7.35. The van der Waals surface area contributed by atoms with Gasteiger partial charge in [-0.3, -0.25) is 4.79 Å². The Bertz CT molecular complexity index is 472. The number of aryl methyl sites for hydroxylation is 1. The van der Waals surface area contributed by atoms with Crippen LogP contribution in [0.3, 0.4) is 0 Å². The summed E-state index contributed by atoms with van der Waals surface area (Å²) < 4.78 is 0. The van der Waals surface area contributed by atoms with Gasteiger partial charge in [-0.15, -0.1) is 0 Å². The van der Waals surface area contributed by atoms with Gasteiger partial charge in [-0.1, -0.05) is 24.3 Å². The zero-order valence-corrected chi connectivity index (χ0v) is 11.3. The lowest BCUT2D eigenvalue weighted by molar-refractivity contribution is -0.125. The molecule has 0 radical (unpaired) electrons. The van der Waals surface area contributed by atoms with E-state index in [0.717, 1.165) is 38.5 Å². The number of hydrogen-bond donors (Lipinski definition) is 2. The monoisotopic (exact) mass is 258 g/mol. The van der Waals surface area contributed by atoms with Crippen LogP contribution in [0.15, 0.2) is 24.3 Å². The Morgan fingerprint density at radius 3 is 2.68 bits per heavy atom. The number of nitrogens with one attached hydrogen (secondary N) is 1. The van der Waals surface area contributed by atoms with E-state index in [1.807, 2.05) is 0 Å². The highest BCUT2D eigenvalue weighted by molar-refractivity contribution is 5.79. The Morgan fingerprint density at radius 2 is 1.95 bits per heavy atom. The van der Waals surface area contributed by atoms with E-state index in [2.05, 4.69) is 29.6 Å². The number of amides is 1. The summed E-state index contributed by atoms with van der Waals surface area (Å²) in [6, 6.07) is 9.08. The van der Waals surface area contributed by atoms with Crippen LogP contribution in [0.5, 0.6) is 0 Å². The number of hydrogen-bond acceptors (Lipinski definition) is 2. The molecule has 3 atom stereocenters. The number of rotatable bonds is 2. The van der Waals surface area contributed by atoms with Gasteiger partial charge < -0.3 is 11.1 Å². The van der Waals surface area contributed by atoms with Crippen molar-refractivity contribution in [3.8, 4) is 0 Å². The molecule has 0 aliphatic heterocycles. The summed E-state index contributed by atoms with van der Waals surface area (Å²) in [6.07, 6.45) is 5.91. The lowest BCUT2D eigenvalue weighted by Gasteiger charge is -2.26. The summed E-state index contributed by atoms with van der Waals surface area (Å²) in [7, 11) is 0. The van der Waals surface area contributed by atoms with Gasteiger partial charge in [0.1, 0.15) is 0 Å². The van der Waals surface area contributed by atoms with Crippen molar-refractivity contribution in [2.75, 3.05) is 0 Å². The van der Waals surface area contributed by atoms with Crippen molar-refractivity contribution in [3.63, 3.8) is 0 Å². The molecule has 0 spiro atoms. The van der Waals surface area contributed by atoms with Gasteiger partial charge in [0.15, 0.2) is 0 Å². The molecular formula is C16H22N2O. The van der Waals surface area contributed by atoms with Crippen LogP contribution < -0.4 is 11.1 Å². The smallest absolute Gasteiger partial charge is 0.223 e. The molecule has 1 aromatic rings. The Kier molecular flexibility index (Phi) is 3.56. The number of fused-ring (bicyclic) bond motifs is 1. The lowest BCUT2D eigenvalue weighted by atomic mass is 9.88. The van der Waals surface area contributed by atoms with Crippen molar-refractivity contribution in [2.24, 2.45) is 11.7 Å². The van der Waals surface area contributed by atoms with Crippen LogP contribution in [-0.2, 0) is 17.6 Å². The third-order valence-electron chi connectivity index (χ3n) is 4.54. The van der Waals surface area contributed by atoms with E-state index in [-0.39, 0.29) is 17.9 Å². The van der Waals surface area contributed by atoms with Crippen molar-refractivity contribution in [1.82, 2.24) is 5.32 Å². The van der Waals surface area contributed by atoms with Crippen LogP contribution in [0.25, 0.3) is 0 Å². The maximum atomic E-state index is 12.2. The normalized spacial score (nSPS) is 29.8. The summed E-state index contributed by atoms with van der Waals surface area (Å²) in [6.45, 7) is 0. The molecule has 102 valence electrons. The third kappa shape index (κ3) is 2.81. The lowest BCUT2D eigenvalue weighted by Crippen LogP contribution is -2.41. The fourth-order valence-electron chi connectivity index (χ4n) is 3.39. The zero-order chi connectivity index (χ0) is 13.2. The molecule has 3 unspecified atom stereocenters. The molecule has 3 heteroatoms. The molecular weight excluding hydrogens is 236 g/mol. The standard InChI is InChI=1S/C16H22N2O/c17-14-7-5-13(9-14)16(19)18-15-8-6-11-3-1-2-4-12(11)10-15/h1-4,13-15H,5-10,17H2,(H,18,19). The highest BCUT2D eigenvalue weighted by atomic mass is 16.1. The average Bonchev–Trinajstić information content (AvgIpc) is 2.85. The van der Waals surface area contributed by atoms with E-state index in [1.54, 1.807) is 0 Å². The Labute approximate surface area is 114 Å². The molecule has 1 amide bonds. The second-order valence-corrected chi connectivity index (χ2v) is 5.99. The van der Waals surface area contributed by atoms with E-state index >= 15 is 0 Å². The first-order chi connectivity index (χ1) is 9.22. The molecule has 3 N–H and O–H groups in total. The third-order valence-corrected chi connectivity index (χ3v) is 4.54. The molecule has 2 aliphatic rings. The number of nitrogens with two attached hydrogens (primary N) is 1. The van der Waals surface area contributed by atoms with Crippen molar-refractivity contribution in [1.29, 1.82) is 0 Å². The maximum absolute atomic E-state index is 12.2. The molecule has 0 heterocycles. The van der Waals surface area contributed by atoms with Gasteiger partial charge in [-0.05, 0) is 49.7 Å². The van der Waals surface area contributed by atoms with E-state index in [4.69, 9.17) is 5.73 Å². The van der Waals surface area contributed by atoms with Crippen molar-refractivity contribution >= 4 is 5.91 Å². The highest BCUT2D eigenvalue weighted by Crippen LogP contribution is 2.26. The van der Waals surface area contributed by atoms with Gasteiger partial charge in [-0.25, -0.2) is 0 Å². The molecule has 0 aromatic heterocycles. The van der Waals surface area contributed by atoms with Gasteiger partial charge in [0, 0.05) is 18.0 Å². The maximum Gasteiger partial charge on any atom is 0.223 e. The minimum absolute atomic E-state index is 0.146. The fourth-order valence-corrected chi connectivity index (χ4v) is 3.39. The first-order valence-electron chi connectivity index (χ1n) is 7.35. The quantitative estimate of drug-likeness (QED) is 0.849.